The van der Waals surface area contributed by atoms with Crippen molar-refractivity contribution in [3.05, 3.63) is 0 Å². The number of nitrogens with zero attached hydrogens (tertiary/aromatic N) is 3. The van der Waals surface area contributed by atoms with Crippen LogP contribution < -0.4 is 10.6 Å². The summed E-state index contributed by atoms with van der Waals surface area (Å²) >= 11 is 0. The summed E-state index contributed by atoms with van der Waals surface area (Å²) in [4.78, 5) is 9.43. The minimum absolute atomic E-state index is 0. The van der Waals surface area contributed by atoms with Gasteiger partial charge in [-0.05, 0) is 18.9 Å². The van der Waals surface area contributed by atoms with Crippen LogP contribution in [0.2, 0.25) is 0 Å². The van der Waals surface area contributed by atoms with Crippen molar-refractivity contribution < 1.29 is 0 Å². The van der Waals surface area contributed by atoms with E-state index >= 15 is 0 Å². The van der Waals surface area contributed by atoms with Gasteiger partial charge in [0.25, 0.3) is 0 Å². The van der Waals surface area contributed by atoms with Gasteiger partial charge < -0.3 is 15.5 Å². The number of likely N-dealkylation sites (N-methyl/N-ethyl adjacent to an activating group) is 1. The first-order valence-electron chi connectivity index (χ1n) is 9.38. The van der Waals surface area contributed by atoms with Gasteiger partial charge >= 0.3 is 0 Å². The molecular formula is C18H40IN5. The smallest absolute Gasteiger partial charge is 0.191 e. The number of guanidine groups is 1. The van der Waals surface area contributed by atoms with Crippen molar-refractivity contribution in [2.75, 3.05) is 53.4 Å². The molecule has 5 nitrogen and oxygen atoms in total. The highest BCUT2D eigenvalue weighted by atomic mass is 127. The maximum absolute atomic E-state index is 4.38. The average Bonchev–Trinajstić information content (AvgIpc) is 2.55. The zero-order chi connectivity index (χ0) is 17.2. The number of halogens is 1. The van der Waals surface area contributed by atoms with Crippen molar-refractivity contribution >= 4 is 29.9 Å². The van der Waals surface area contributed by atoms with Crippen LogP contribution in [0.1, 0.15) is 40.5 Å². The molecule has 0 radical (unpaired) electrons. The number of aliphatic imine (C=N–C) groups is 1. The number of nitrogens with one attached hydrogen (secondary N) is 2. The second kappa shape index (κ2) is 13.2. The summed E-state index contributed by atoms with van der Waals surface area (Å²) in [5, 5.41) is 7.03. The second-order valence-corrected chi connectivity index (χ2v) is 7.17. The lowest BCUT2D eigenvalue weighted by atomic mass is 10.0. The molecule has 0 aromatic heterocycles. The van der Waals surface area contributed by atoms with E-state index in [2.05, 4.69) is 60.2 Å². The van der Waals surface area contributed by atoms with E-state index in [4.69, 9.17) is 0 Å². The highest BCUT2D eigenvalue weighted by Gasteiger charge is 2.25. The van der Waals surface area contributed by atoms with Gasteiger partial charge in [0, 0.05) is 52.4 Å². The number of hydrogen-bond donors (Lipinski definition) is 2. The van der Waals surface area contributed by atoms with Crippen molar-refractivity contribution in [3.63, 3.8) is 0 Å². The summed E-state index contributed by atoms with van der Waals surface area (Å²) in [7, 11) is 4.08. The third kappa shape index (κ3) is 8.34. The number of hydrogen-bond acceptors (Lipinski definition) is 3. The van der Waals surface area contributed by atoms with E-state index < -0.39 is 0 Å². The van der Waals surface area contributed by atoms with Crippen LogP contribution in [0.3, 0.4) is 0 Å². The van der Waals surface area contributed by atoms with Crippen LogP contribution in [0.4, 0.5) is 0 Å². The molecule has 0 bridgehead atoms. The van der Waals surface area contributed by atoms with Crippen molar-refractivity contribution in [3.8, 4) is 0 Å². The van der Waals surface area contributed by atoms with Crippen molar-refractivity contribution in [1.29, 1.82) is 0 Å². The van der Waals surface area contributed by atoms with Crippen LogP contribution in [0, 0.1) is 11.8 Å². The second-order valence-electron chi connectivity index (χ2n) is 7.17. The minimum atomic E-state index is 0. The zero-order valence-electron chi connectivity index (χ0n) is 16.6. The van der Waals surface area contributed by atoms with E-state index in [9.17, 15) is 0 Å². The Bertz CT molecular complexity index is 336. The van der Waals surface area contributed by atoms with Gasteiger partial charge in [-0.15, -0.1) is 24.0 Å². The van der Waals surface area contributed by atoms with E-state index in [1.807, 2.05) is 7.05 Å². The van der Waals surface area contributed by atoms with Crippen LogP contribution in [0.5, 0.6) is 0 Å². The molecule has 0 aromatic rings. The zero-order valence-corrected chi connectivity index (χ0v) is 19.0. The largest absolute Gasteiger partial charge is 0.356 e. The topological polar surface area (TPSA) is 42.9 Å². The standard InChI is InChI=1S/C18H39N5.HI/c1-7-16(8-2)13-20-18(19-5)21-14-17(15(3)4)23-11-9-22(6)10-12-23;/h15-17H,7-14H2,1-6H3,(H2,19,20,21);1H. The summed E-state index contributed by atoms with van der Waals surface area (Å²) in [6.07, 6.45) is 2.44. The maximum Gasteiger partial charge on any atom is 0.191 e. The SMILES string of the molecule is CCC(CC)CNC(=NC)NCC(C(C)C)N1CCN(C)CC1.I. The summed E-state index contributed by atoms with van der Waals surface area (Å²) in [5.41, 5.74) is 0. The third-order valence-electron chi connectivity index (χ3n) is 5.19. The predicted octanol–water partition coefficient (Wildman–Crippen LogP) is 2.48. The lowest BCUT2D eigenvalue weighted by Gasteiger charge is -2.40. The molecule has 1 saturated heterocycles. The molecule has 144 valence electrons. The monoisotopic (exact) mass is 453 g/mol. The van der Waals surface area contributed by atoms with Crippen LogP contribution in [-0.2, 0) is 0 Å². The molecule has 1 atom stereocenters. The fourth-order valence-corrected chi connectivity index (χ4v) is 3.18. The Balaban J connectivity index is 0.00000529. The third-order valence-corrected chi connectivity index (χ3v) is 5.19. The molecule has 1 unspecified atom stereocenters. The lowest BCUT2D eigenvalue weighted by Crippen LogP contribution is -2.55. The lowest BCUT2D eigenvalue weighted by molar-refractivity contribution is 0.0900. The predicted molar refractivity (Wildman–Crippen MR) is 117 cm³/mol. The molecule has 0 amide bonds. The Kier molecular flexibility index (Phi) is 13.1. The van der Waals surface area contributed by atoms with Gasteiger partial charge in [0.15, 0.2) is 5.96 Å². The Morgan fingerprint density at radius 3 is 2.00 bits per heavy atom. The summed E-state index contributed by atoms with van der Waals surface area (Å²) in [5.74, 6) is 2.31. The van der Waals surface area contributed by atoms with E-state index in [1.165, 1.54) is 39.0 Å². The van der Waals surface area contributed by atoms with Crippen molar-refractivity contribution in [1.82, 2.24) is 20.4 Å². The molecule has 1 aliphatic rings. The minimum Gasteiger partial charge on any atom is -0.356 e. The quantitative estimate of drug-likeness (QED) is 0.337. The Hall–Kier alpha value is -0.0800. The van der Waals surface area contributed by atoms with E-state index in [0.717, 1.165) is 25.0 Å². The number of piperazine rings is 1. The van der Waals surface area contributed by atoms with Crippen LogP contribution in [0.25, 0.3) is 0 Å². The van der Waals surface area contributed by atoms with Gasteiger partial charge in [-0.25, -0.2) is 0 Å². The molecule has 1 heterocycles. The highest BCUT2D eigenvalue weighted by Crippen LogP contribution is 2.13. The molecule has 1 aliphatic heterocycles. The van der Waals surface area contributed by atoms with Gasteiger partial charge in [0.1, 0.15) is 0 Å². The molecule has 2 N–H and O–H groups in total. The summed E-state index contributed by atoms with van der Waals surface area (Å²) < 4.78 is 0. The van der Waals surface area contributed by atoms with Crippen molar-refractivity contribution in [2.24, 2.45) is 16.8 Å². The maximum atomic E-state index is 4.38. The van der Waals surface area contributed by atoms with Gasteiger partial charge in [0.2, 0.25) is 0 Å². The van der Waals surface area contributed by atoms with Gasteiger partial charge in [-0.1, -0.05) is 40.5 Å². The van der Waals surface area contributed by atoms with Gasteiger partial charge in [0.05, 0.1) is 0 Å². The number of rotatable bonds is 8. The molecule has 0 aromatic carbocycles. The van der Waals surface area contributed by atoms with E-state index in [1.54, 1.807) is 0 Å². The van der Waals surface area contributed by atoms with Gasteiger partial charge in [-0.3, -0.25) is 9.89 Å². The molecule has 1 rings (SSSR count). The van der Waals surface area contributed by atoms with E-state index in [0.29, 0.717) is 12.0 Å². The Morgan fingerprint density at radius 1 is 1.00 bits per heavy atom. The first-order chi connectivity index (χ1) is 11.0. The molecular weight excluding hydrogens is 413 g/mol. The van der Waals surface area contributed by atoms with Crippen LogP contribution >= 0.6 is 24.0 Å². The highest BCUT2D eigenvalue weighted by molar-refractivity contribution is 14.0. The summed E-state index contributed by atoms with van der Waals surface area (Å²) in [6, 6.07) is 0.565. The van der Waals surface area contributed by atoms with E-state index in [-0.39, 0.29) is 24.0 Å². The first-order valence-corrected chi connectivity index (χ1v) is 9.38. The van der Waals surface area contributed by atoms with Crippen molar-refractivity contribution in [2.45, 2.75) is 46.6 Å². The fraction of sp³-hybridized carbons (Fsp3) is 0.944. The molecule has 0 aliphatic carbocycles. The Labute approximate surface area is 167 Å². The van der Waals surface area contributed by atoms with Crippen LogP contribution in [-0.4, -0.2) is 75.2 Å². The molecule has 0 spiro atoms. The summed E-state index contributed by atoms with van der Waals surface area (Å²) in [6.45, 7) is 15.8. The van der Waals surface area contributed by atoms with Crippen LogP contribution in [0.15, 0.2) is 4.99 Å². The molecule has 1 fully saturated rings. The first kappa shape index (κ1) is 23.9. The molecule has 24 heavy (non-hydrogen) atoms. The van der Waals surface area contributed by atoms with Gasteiger partial charge in [-0.2, -0.15) is 0 Å². The fourth-order valence-electron chi connectivity index (χ4n) is 3.18. The molecule has 0 saturated carbocycles. The normalized spacial score (nSPS) is 18.6. The Morgan fingerprint density at radius 2 is 1.54 bits per heavy atom. The molecule has 6 heteroatoms. The average molecular weight is 453 g/mol.